The number of hydrogen-bond acceptors (Lipinski definition) is 4. The van der Waals surface area contributed by atoms with Crippen molar-refractivity contribution in [2.75, 3.05) is 6.61 Å². The molecule has 1 aromatic carbocycles. The van der Waals surface area contributed by atoms with Gasteiger partial charge in [0, 0.05) is 6.04 Å². The molecule has 1 aromatic rings. The summed E-state index contributed by atoms with van der Waals surface area (Å²) in [4.78, 5) is 12.3. The third kappa shape index (κ3) is 4.67. The molecule has 118 valence electrons. The van der Waals surface area contributed by atoms with Crippen molar-refractivity contribution < 1.29 is 23.0 Å². The summed E-state index contributed by atoms with van der Waals surface area (Å²) in [6, 6.07) is 6.06. The molecule has 0 aliphatic heterocycles. The van der Waals surface area contributed by atoms with Gasteiger partial charge in [-0.1, -0.05) is 12.1 Å². The topological polar surface area (TPSA) is 47.6 Å². The van der Waals surface area contributed by atoms with Gasteiger partial charge in [-0.15, -0.1) is 0 Å². The van der Waals surface area contributed by atoms with E-state index in [4.69, 9.17) is 4.74 Å². The molecule has 0 amide bonds. The van der Waals surface area contributed by atoms with Crippen LogP contribution >= 0.6 is 0 Å². The summed E-state index contributed by atoms with van der Waals surface area (Å²) in [7, 11) is 0. The van der Waals surface area contributed by atoms with Crippen LogP contribution in [-0.2, 0) is 15.1 Å². The lowest BCUT2D eigenvalue weighted by atomic mass is 9.91. The number of halogens is 2. The molecule has 1 unspecified atom stereocenters. The molecule has 0 spiro atoms. The van der Waals surface area contributed by atoms with E-state index in [9.17, 15) is 13.6 Å². The third-order valence-corrected chi connectivity index (χ3v) is 2.90. The molecule has 1 atom stereocenters. The van der Waals surface area contributed by atoms with E-state index in [1.165, 1.54) is 12.1 Å². The van der Waals surface area contributed by atoms with Crippen molar-refractivity contribution >= 4 is 5.97 Å². The van der Waals surface area contributed by atoms with Crippen molar-refractivity contribution in [3.63, 3.8) is 0 Å². The van der Waals surface area contributed by atoms with Crippen LogP contribution in [0.3, 0.4) is 0 Å². The monoisotopic (exact) mass is 301 g/mol. The molecule has 1 N–H and O–H groups in total. The SMILES string of the molecule is CCOC(=O)C(C)(NC(C)C)c1cccc(OC(F)F)c1. The van der Waals surface area contributed by atoms with Gasteiger partial charge in [0.2, 0.25) is 0 Å². The average molecular weight is 301 g/mol. The molecule has 0 bridgehead atoms. The van der Waals surface area contributed by atoms with Crippen LogP contribution in [0.4, 0.5) is 8.78 Å². The molecule has 0 saturated carbocycles. The van der Waals surface area contributed by atoms with Gasteiger partial charge in [0.15, 0.2) is 0 Å². The van der Waals surface area contributed by atoms with E-state index in [0.717, 1.165) is 0 Å². The zero-order chi connectivity index (χ0) is 16.0. The van der Waals surface area contributed by atoms with Gasteiger partial charge in [0.05, 0.1) is 6.61 Å². The van der Waals surface area contributed by atoms with Gasteiger partial charge in [-0.3, -0.25) is 5.32 Å². The molecule has 4 nitrogen and oxygen atoms in total. The Morgan fingerprint density at radius 3 is 2.57 bits per heavy atom. The first kappa shape index (κ1) is 17.4. The van der Waals surface area contributed by atoms with E-state index in [-0.39, 0.29) is 18.4 Å². The van der Waals surface area contributed by atoms with Gasteiger partial charge in [0.1, 0.15) is 11.3 Å². The summed E-state index contributed by atoms with van der Waals surface area (Å²) < 4.78 is 34.1. The van der Waals surface area contributed by atoms with E-state index in [1.54, 1.807) is 26.0 Å². The van der Waals surface area contributed by atoms with Crippen molar-refractivity contribution in [3.05, 3.63) is 29.8 Å². The van der Waals surface area contributed by atoms with Crippen molar-refractivity contribution in [2.24, 2.45) is 0 Å². The normalized spacial score (nSPS) is 14.1. The molecule has 0 aliphatic rings. The Morgan fingerprint density at radius 2 is 2.05 bits per heavy atom. The summed E-state index contributed by atoms with van der Waals surface area (Å²) in [5.41, 5.74) is -0.626. The lowest BCUT2D eigenvalue weighted by Crippen LogP contribution is -2.50. The second kappa shape index (κ2) is 7.36. The number of alkyl halides is 2. The molecule has 6 heteroatoms. The van der Waals surface area contributed by atoms with Crippen LogP contribution in [0.2, 0.25) is 0 Å². The van der Waals surface area contributed by atoms with Crippen molar-refractivity contribution in [3.8, 4) is 5.75 Å². The molecule has 0 saturated heterocycles. The third-order valence-electron chi connectivity index (χ3n) is 2.90. The minimum absolute atomic E-state index is 0.000852. The van der Waals surface area contributed by atoms with E-state index in [1.807, 2.05) is 13.8 Å². The van der Waals surface area contributed by atoms with E-state index < -0.39 is 18.1 Å². The number of ether oxygens (including phenoxy) is 2. The van der Waals surface area contributed by atoms with Crippen LogP contribution in [0.25, 0.3) is 0 Å². The zero-order valence-corrected chi connectivity index (χ0v) is 12.7. The Balaban J connectivity index is 3.16. The van der Waals surface area contributed by atoms with Crippen molar-refractivity contribution in [1.82, 2.24) is 5.32 Å². The van der Waals surface area contributed by atoms with Crippen LogP contribution < -0.4 is 10.1 Å². The highest BCUT2D eigenvalue weighted by atomic mass is 19.3. The highest BCUT2D eigenvalue weighted by Gasteiger charge is 2.37. The first-order chi connectivity index (χ1) is 9.79. The molecule has 0 heterocycles. The molecule has 0 radical (unpaired) electrons. The van der Waals surface area contributed by atoms with Crippen LogP contribution in [0.5, 0.6) is 5.75 Å². The summed E-state index contributed by atoms with van der Waals surface area (Å²) >= 11 is 0. The minimum Gasteiger partial charge on any atom is -0.464 e. The lowest BCUT2D eigenvalue weighted by Gasteiger charge is -2.31. The van der Waals surface area contributed by atoms with Gasteiger partial charge in [-0.05, 0) is 45.4 Å². The highest BCUT2D eigenvalue weighted by Crippen LogP contribution is 2.27. The summed E-state index contributed by atoms with van der Waals surface area (Å²) in [5.74, 6) is -0.462. The second-order valence-electron chi connectivity index (χ2n) is 5.05. The molecule has 0 aromatic heterocycles. The first-order valence-electron chi connectivity index (χ1n) is 6.80. The lowest BCUT2D eigenvalue weighted by molar-refractivity contribution is -0.151. The number of carbonyl (C=O) groups excluding carboxylic acids is 1. The summed E-state index contributed by atoms with van der Waals surface area (Å²) in [5, 5.41) is 3.12. The van der Waals surface area contributed by atoms with Crippen LogP contribution in [0.1, 0.15) is 33.3 Å². The van der Waals surface area contributed by atoms with Gasteiger partial charge >= 0.3 is 12.6 Å². The maximum atomic E-state index is 12.3. The Labute approximate surface area is 123 Å². The van der Waals surface area contributed by atoms with Crippen LogP contribution in [-0.4, -0.2) is 25.2 Å². The van der Waals surface area contributed by atoms with E-state index >= 15 is 0 Å². The number of esters is 1. The first-order valence-corrected chi connectivity index (χ1v) is 6.80. The van der Waals surface area contributed by atoms with Crippen molar-refractivity contribution in [1.29, 1.82) is 0 Å². The van der Waals surface area contributed by atoms with Crippen molar-refractivity contribution in [2.45, 2.75) is 45.9 Å². The highest BCUT2D eigenvalue weighted by molar-refractivity contribution is 5.82. The number of carbonyl (C=O) groups is 1. The Morgan fingerprint density at radius 1 is 1.38 bits per heavy atom. The molecule has 21 heavy (non-hydrogen) atoms. The Hall–Kier alpha value is -1.69. The van der Waals surface area contributed by atoms with Crippen LogP contribution in [0, 0.1) is 0 Å². The fraction of sp³-hybridized carbons (Fsp3) is 0.533. The van der Waals surface area contributed by atoms with Gasteiger partial charge in [0.25, 0.3) is 0 Å². The molecular formula is C15H21F2NO3. The maximum Gasteiger partial charge on any atom is 0.387 e. The summed E-state index contributed by atoms with van der Waals surface area (Å²) in [6.07, 6.45) is 0. The second-order valence-corrected chi connectivity index (χ2v) is 5.05. The van der Waals surface area contributed by atoms with Gasteiger partial charge < -0.3 is 9.47 Å². The summed E-state index contributed by atoms with van der Waals surface area (Å²) in [6.45, 7) is 4.47. The average Bonchev–Trinajstić information content (AvgIpc) is 2.37. The zero-order valence-electron chi connectivity index (χ0n) is 12.7. The molecule has 0 aliphatic carbocycles. The number of nitrogens with one attached hydrogen (secondary N) is 1. The number of hydrogen-bond donors (Lipinski definition) is 1. The van der Waals surface area contributed by atoms with E-state index in [0.29, 0.717) is 5.56 Å². The number of rotatable bonds is 7. The Bertz CT molecular complexity index is 480. The largest absolute Gasteiger partial charge is 0.464 e. The molecule has 1 rings (SSSR count). The van der Waals surface area contributed by atoms with Gasteiger partial charge in [-0.25, -0.2) is 4.79 Å². The fourth-order valence-corrected chi connectivity index (χ4v) is 2.10. The van der Waals surface area contributed by atoms with E-state index in [2.05, 4.69) is 10.1 Å². The maximum absolute atomic E-state index is 12.3. The number of benzene rings is 1. The standard InChI is InChI=1S/C15H21F2NO3/c1-5-20-13(19)15(4,18-10(2)3)11-7-6-8-12(9-11)21-14(16)17/h6-10,14,18H,5H2,1-4H3. The predicted octanol–water partition coefficient (Wildman–Crippen LogP) is 3.06. The molecular weight excluding hydrogens is 280 g/mol. The fourth-order valence-electron chi connectivity index (χ4n) is 2.10. The minimum atomic E-state index is -2.91. The quantitative estimate of drug-likeness (QED) is 0.786. The van der Waals surface area contributed by atoms with Gasteiger partial charge in [-0.2, -0.15) is 8.78 Å². The predicted molar refractivity (Wildman–Crippen MR) is 75.3 cm³/mol. The molecule has 0 fully saturated rings. The Kier molecular flexibility index (Phi) is 6.08. The smallest absolute Gasteiger partial charge is 0.387 e. The van der Waals surface area contributed by atoms with Crippen LogP contribution in [0.15, 0.2) is 24.3 Å².